The van der Waals surface area contributed by atoms with Gasteiger partial charge in [-0.05, 0) is 20.3 Å². The van der Waals surface area contributed by atoms with Crippen LogP contribution in [0.1, 0.15) is 33.6 Å². The normalized spacial score (nSPS) is 10.3. The zero-order chi connectivity index (χ0) is 10.8. The zero-order valence-electron chi connectivity index (χ0n) is 9.34. The van der Waals surface area contributed by atoms with E-state index in [9.17, 15) is 4.79 Å². The van der Waals surface area contributed by atoms with Crippen LogP contribution >= 0.6 is 0 Å². The van der Waals surface area contributed by atoms with Crippen molar-refractivity contribution < 1.29 is 14.3 Å². The fourth-order valence-electron chi connectivity index (χ4n) is 0.836. The van der Waals surface area contributed by atoms with Gasteiger partial charge < -0.3 is 14.8 Å². The summed E-state index contributed by atoms with van der Waals surface area (Å²) in [6.07, 6.45) is 1.88. The van der Waals surface area contributed by atoms with Crippen LogP contribution in [0.4, 0.5) is 4.79 Å². The molecule has 0 saturated heterocycles. The largest absolute Gasteiger partial charge is 0.447 e. The minimum absolute atomic E-state index is 0.182. The third-order valence-electron chi connectivity index (χ3n) is 1.57. The van der Waals surface area contributed by atoms with Crippen molar-refractivity contribution in [3.8, 4) is 0 Å². The summed E-state index contributed by atoms with van der Waals surface area (Å²) in [6.45, 7) is 7.42. The van der Waals surface area contributed by atoms with E-state index in [1.165, 1.54) is 0 Å². The first-order chi connectivity index (χ1) is 6.66. The van der Waals surface area contributed by atoms with Crippen molar-refractivity contribution in [2.45, 2.75) is 39.7 Å². The van der Waals surface area contributed by atoms with E-state index in [-0.39, 0.29) is 12.2 Å². The molecule has 0 bridgehead atoms. The number of hydrogen-bond acceptors (Lipinski definition) is 3. The molecule has 0 aromatic carbocycles. The van der Waals surface area contributed by atoms with Gasteiger partial charge >= 0.3 is 6.09 Å². The summed E-state index contributed by atoms with van der Waals surface area (Å²) in [7, 11) is 0. The van der Waals surface area contributed by atoms with Gasteiger partial charge in [-0.3, -0.25) is 0 Å². The maximum atomic E-state index is 11.0. The Bertz CT molecular complexity index is 148. The Hall–Kier alpha value is -0.770. The number of alkyl carbamates (subject to hydrolysis) is 1. The average Bonchev–Trinajstić information content (AvgIpc) is 2.13. The van der Waals surface area contributed by atoms with E-state index in [1.807, 2.05) is 13.8 Å². The van der Waals surface area contributed by atoms with Gasteiger partial charge in [-0.15, -0.1) is 0 Å². The van der Waals surface area contributed by atoms with Gasteiger partial charge in [0.15, 0.2) is 0 Å². The SMILES string of the molecule is CCCCNC(=O)OCCOC(C)C. The number of ether oxygens (including phenoxy) is 2. The zero-order valence-corrected chi connectivity index (χ0v) is 9.34. The van der Waals surface area contributed by atoms with Gasteiger partial charge in [0, 0.05) is 6.54 Å². The second kappa shape index (κ2) is 8.81. The fourth-order valence-corrected chi connectivity index (χ4v) is 0.836. The van der Waals surface area contributed by atoms with Crippen LogP contribution in [0, 0.1) is 0 Å². The van der Waals surface area contributed by atoms with E-state index in [1.54, 1.807) is 0 Å². The molecule has 0 aliphatic rings. The Morgan fingerprint density at radius 1 is 1.36 bits per heavy atom. The predicted octanol–water partition coefficient (Wildman–Crippen LogP) is 1.94. The molecule has 14 heavy (non-hydrogen) atoms. The van der Waals surface area contributed by atoms with Crippen molar-refractivity contribution in [3.63, 3.8) is 0 Å². The summed E-state index contributed by atoms with van der Waals surface area (Å²) < 4.78 is 10.1. The summed E-state index contributed by atoms with van der Waals surface area (Å²) in [5, 5.41) is 2.65. The monoisotopic (exact) mass is 203 g/mol. The molecule has 0 heterocycles. The molecule has 0 aliphatic heterocycles. The first kappa shape index (κ1) is 13.2. The molecule has 0 unspecified atom stereocenters. The van der Waals surface area contributed by atoms with Crippen LogP contribution in [-0.2, 0) is 9.47 Å². The molecule has 84 valence electrons. The van der Waals surface area contributed by atoms with Gasteiger partial charge in [-0.1, -0.05) is 13.3 Å². The van der Waals surface area contributed by atoms with Gasteiger partial charge in [-0.2, -0.15) is 0 Å². The standard InChI is InChI=1S/C10H21NO3/c1-4-5-6-11-10(12)14-8-7-13-9(2)3/h9H,4-8H2,1-3H3,(H,11,12). The van der Waals surface area contributed by atoms with Crippen LogP contribution in [0.2, 0.25) is 0 Å². The van der Waals surface area contributed by atoms with Crippen LogP contribution < -0.4 is 5.32 Å². The lowest BCUT2D eigenvalue weighted by Gasteiger charge is -2.08. The highest BCUT2D eigenvalue weighted by Crippen LogP contribution is 1.88. The first-order valence-corrected chi connectivity index (χ1v) is 5.19. The van der Waals surface area contributed by atoms with Crippen molar-refractivity contribution in [2.75, 3.05) is 19.8 Å². The van der Waals surface area contributed by atoms with Crippen molar-refractivity contribution in [2.24, 2.45) is 0 Å². The Balaban J connectivity index is 3.18. The number of rotatable bonds is 7. The number of unbranched alkanes of at least 4 members (excludes halogenated alkanes) is 1. The molecule has 0 aromatic rings. The van der Waals surface area contributed by atoms with Crippen LogP contribution in [-0.4, -0.2) is 32.0 Å². The van der Waals surface area contributed by atoms with Gasteiger partial charge in [0.1, 0.15) is 6.61 Å². The van der Waals surface area contributed by atoms with Crippen LogP contribution in [0.5, 0.6) is 0 Å². The molecular weight excluding hydrogens is 182 g/mol. The molecule has 0 radical (unpaired) electrons. The molecular formula is C10H21NO3. The molecule has 0 aromatic heterocycles. The summed E-state index contributed by atoms with van der Waals surface area (Å²) in [5.74, 6) is 0. The second-order valence-electron chi connectivity index (χ2n) is 3.34. The fraction of sp³-hybridized carbons (Fsp3) is 0.900. The highest BCUT2D eigenvalue weighted by molar-refractivity contribution is 5.66. The summed E-state index contributed by atoms with van der Waals surface area (Å²) in [5.41, 5.74) is 0. The number of hydrogen-bond donors (Lipinski definition) is 1. The van der Waals surface area contributed by atoms with E-state index in [2.05, 4.69) is 12.2 Å². The van der Waals surface area contributed by atoms with Crippen molar-refractivity contribution >= 4 is 6.09 Å². The van der Waals surface area contributed by atoms with Crippen LogP contribution in [0.15, 0.2) is 0 Å². The summed E-state index contributed by atoms with van der Waals surface area (Å²) in [6, 6.07) is 0. The third kappa shape index (κ3) is 9.32. The Labute approximate surface area is 86.0 Å². The highest BCUT2D eigenvalue weighted by Gasteiger charge is 2.00. The molecule has 4 heteroatoms. The molecule has 0 spiro atoms. The lowest BCUT2D eigenvalue weighted by Crippen LogP contribution is -2.26. The van der Waals surface area contributed by atoms with Gasteiger partial charge in [-0.25, -0.2) is 4.79 Å². The van der Waals surface area contributed by atoms with Crippen molar-refractivity contribution in [1.29, 1.82) is 0 Å². The molecule has 0 aliphatic carbocycles. The quantitative estimate of drug-likeness (QED) is 0.643. The number of carbonyl (C=O) groups excluding carboxylic acids is 1. The molecule has 0 atom stereocenters. The lowest BCUT2D eigenvalue weighted by molar-refractivity contribution is 0.0395. The van der Waals surface area contributed by atoms with Crippen LogP contribution in [0.25, 0.3) is 0 Å². The maximum absolute atomic E-state index is 11.0. The van der Waals surface area contributed by atoms with Gasteiger partial charge in [0.2, 0.25) is 0 Å². The van der Waals surface area contributed by atoms with E-state index < -0.39 is 0 Å². The number of amides is 1. The van der Waals surface area contributed by atoms with Gasteiger partial charge in [0.05, 0.1) is 12.7 Å². The number of carbonyl (C=O) groups is 1. The topological polar surface area (TPSA) is 47.6 Å². The van der Waals surface area contributed by atoms with Crippen LogP contribution in [0.3, 0.4) is 0 Å². The highest BCUT2D eigenvalue weighted by atomic mass is 16.6. The van der Waals surface area contributed by atoms with Crippen molar-refractivity contribution in [1.82, 2.24) is 5.32 Å². The molecule has 1 amide bonds. The maximum Gasteiger partial charge on any atom is 0.407 e. The van der Waals surface area contributed by atoms with E-state index in [4.69, 9.17) is 9.47 Å². The first-order valence-electron chi connectivity index (χ1n) is 5.19. The van der Waals surface area contributed by atoms with E-state index >= 15 is 0 Å². The van der Waals surface area contributed by atoms with Crippen molar-refractivity contribution in [3.05, 3.63) is 0 Å². The second-order valence-corrected chi connectivity index (χ2v) is 3.34. The van der Waals surface area contributed by atoms with E-state index in [0.717, 1.165) is 12.8 Å². The summed E-state index contributed by atoms with van der Waals surface area (Å²) in [4.78, 5) is 11.0. The Morgan fingerprint density at radius 3 is 2.64 bits per heavy atom. The smallest absolute Gasteiger partial charge is 0.407 e. The molecule has 0 fully saturated rings. The summed E-state index contributed by atoms with van der Waals surface area (Å²) >= 11 is 0. The molecule has 4 nitrogen and oxygen atoms in total. The Kier molecular flexibility index (Phi) is 8.33. The predicted molar refractivity (Wildman–Crippen MR) is 55.3 cm³/mol. The minimum atomic E-state index is -0.356. The Morgan fingerprint density at radius 2 is 2.07 bits per heavy atom. The number of nitrogens with one attached hydrogen (secondary N) is 1. The molecule has 0 rings (SSSR count). The third-order valence-corrected chi connectivity index (χ3v) is 1.57. The van der Waals surface area contributed by atoms with Gasteiger partial charge in [0.25, 0.3) is 0 Å². The van der Waals surface area contributed by atoms with E-state index in [0.29, 0.717) is 19.8 Å². The molecule has 0 saturated carbocycles. The minimum Gasteiger partial charge on any atom is -0.447 e. The average molecular weight is 203 g/mol. The molecule has 1 N–H and O–H groups in total. The lowest BCUT2D eigenvalue weighted by atomic mass is 10.3.